The molecule has 0 aliphatic rings. The van der Waals surface area contributed by atoms with Gasteiger partial charge in [0.2, 0.25) is 0 Å². The Hall–Kier alpha value is 4.87. The molecule has 1 nitrogen and oxygen atoms in total. The Labute approximate surface area is 167 Å². The Morgan fingerprint density at radius 3 is 1.17 bits per heavy atom. The van der Waals surface area contributed by atoms with E-state index in [1.54, 1.807) is 6.92 Å². The fourth-order valence-corrected chi connectivity index (χ4v) is 0. The molecule has 6 heavy (non-hydrogen) atoms. The molecule has 0 saturated heterocycles. The van der Waals surface area contributed by atoms with Crippen molar-refractivity contribution in [3.63, 3.8) is 0 Å². The van der Waals surface area contributed by atoms with E-state index < -0.39 is 0 Å². The Morgan fingerprint density at radius 1 is 1.17 bits per heavy atom. The third kappa shape index (κ3) is 23.2. The van der Waals surface area contributed by atoms with Crippen molar-refractivity contribution >= 4 is 0 Å². The van der Waals surface area contributed by atoms with Crippen LogP contribution in [0.15, 0.2) is 0 Å². The van der Waals surface area contributed by atoms with Crippen LogP contribution in [0.3, 0.4) is 0 Å². The van der Waals surface area contributed by atoms with Gasteiger partial charge in [-0.1, -0.05) is 0 Å². The van der Waals surface area contributed by atoms with Crippen LogP contribution in [0.4, 0.5) is 0 Å². The Balaban J connectivity index is -0.00000000667. The maximum absolute atomic E-state index is 7.57. The van der Waals surface area contributed by atoms with Gasteiger partial charge in [0.25, 0.3) is 0 Å². The molecule has 0 rings (SSSR count). The molecule has 0 aromatic carbocycles. The molecule has 1 N–H and O–H groups in total. The summed E-state index contributed by atoms with van der Waals surface area (Å²) in [7, 11) is 0. The molecule has 0 amide bonds. The first-order chi connectivity index (χ1) is 1.41. The molecule has 0 heterocycles. The van der Waals surface area contributed by atoms with E-state index >= 15 is 0 Å². The Morgan fingerprint density at radius 2 is 1.17 bits per heavy atom. The molecular formula is C2H6K3O+3. The van der Waals surface area contributed by atoms with Gasteiger partial charge < -0.3 is 5.11 Å². The normalized spacial score (nSPS) is 3.00. The summed E-state index contributed by atoms with van der Waals surface area (Å²) in [5.74, 6) is 0. The van der Waals surface area contributed by atoms with Crippen molar-refractivity contribution in [3.8, 4) is 0 Å². The third-order valence-electron chi connectivity index (χ3n) is 0. The van der Waals surface area contributed by atoms with Crippen molar-refractivity contribution < 1.29 is 159 Å². The summed E-state index contributed by atoms with van der Waals surface area (Å²) in [4.78, 5) is 0. The van der Waals surface area contributed by atoms with E-state index in [1.165, 1.54) is 0 Å². The van der Waals surface area contributed by atoms with Crippen LogP contribution in [0.25, 0.3) is 0 Å². The van der Waals surface area contributed by atoms with E-state index in [4.69, 9.17) is 5.11 Å². The van der Waals surface area contributed by atoms with Crippen LogP contribution in [-0.4, -0.2) is 11.7 Å². The largest absolute Gasteiger partial charge is 1.00 e. The molecule has 0 spiro atoms. The van der Waals surface area contributed by atoms with Gasteiger partial charge in [-0.3, -0.25) is 0 Å². The summed E-state index contributed by atoms with van der Waals surface area (Å²) in [6.07, 6.45) is 0. The minimum atomic E-state index is 0. The number of hydrogen-bond acceptors (Lipinski definition) is 1. The first-order valence-corrected chi connectivity index (χ1v) is 1.02. The predicted octanol–water partition coefficient (Wildman–Crippen LogP) is -8.99. The van der Waals surface area contributed by atoms with Gasteiger partial charge in [-0.15, -0.1) is 0 Å². The molecule has 4 heteroatoms. The van der Waals surface area contributed by atoms with Gasteiger partial charge >= 0.3 is 154 Å². The quantitative estimate of drug-likeness (QED) is 0.352. The minimum absolute atomic E-state index is 0. The van der Waals surface area contributed by atoms with Crippen LogP contribution in [0, 0.1) is 0 Å². The summed E-state index contributed by atoms with van der Waals surface area (Å²) in [5.41, 5.74) is 0. The van der Waals surface area contributed by atoms with Gasteiger partial charge in [0.05, 0.1) is 0 Å². The maximum atomic E-state index is 7.57. The molecular weight excluding hydrogens is 157 g/mol. The van der Waals surface area contributed by atoms with Gasteiger partial charge in [0, 0.05) is 6.61 Å². The van der Waals surface area contributed by atoms with Crippen LogP contribution < -0.4 is 154 Å². The number of rotatable bonds is 0. The first-order valence-electron chi connectivity index (χ1n) is 1.02. The summed E-state index contributed by atoms with van der Waals surface area (Å²) >= 11 is 0. The topological polar surface area (TPSA) is 20.2 Å². The third-order valence-corrected chi connectivity index (χ3v) is 0. The second-order valence-electron chi connectivity index (χ2n) is 0.316. The van der Waals surface area contributed by atoms with Crippen molar-refractivity contribution in [3.05, 3.63) is 0 Å². The van der Waals surface area contributed by atoms with Crippen LogP contribution in [0.2, 0.25) is 0 Å². The van der Waals surface area contributed by atoms with Crippen molar-refractivity contribution in [1.82, 2.24) is 0 Å². The molecule has 0 atom stereocenters. The predicted molar refractivity (Wildman–Crippen MR) is 12.8 cm³/mol. The van der Waals surface area contributed by atoms with E-state index in [2.05, 4.69) is 0 Å². The Bertz CT molecular complexity index is 8.75. The number of aliphatic hydroxyl groups excluding tert-OH is 1. The van der Waals surface area contributed by atoms with Crippen LogP contribution in [-0.2, 0) is 0 Å². The van der Waals surface area contributed by atoms with Crippen molar-refractivity contribution in [2.24, 2.45) is 0 Å². The van der Waals surface area contributed by atoms with E-state index in [0.29, 0.717) is 0 Å². The molecule has 0 aromatic rings. The van der Waals surface area contributed by atoms with Crippen molar-refractivity contribution in [2.75, 3.05) is 6.61 Å². The van der Waals surface area contributed by atoms with E-state index in [-0.39, 0.29) is 161 Å². The standard InChI is InChI=1S/C2H6O.3K/c1-2-3;;;/h3H,2H2,1H3;;;/q;3*+1. The monoisotopic (exact) mass is 163 g/mol. The molecule has 0 bridgehead atoms. The smallest absolute Gasteiger partial charge is 0.397 e. The molecule has 0 unspecified atom stereocenters. The van der Waals surface area contributed by atoms with Gasteiger partial charge in [-0.05, 0) is 6.92 Å². The zero-order valence-electron chi connectivity index (χ0n) is 5.15. The maximum Gasteiger partial charge on any atom is 1.00 e. The van der Waals surface area contributed by atoms with Gasteiger partial charge in [0.15, 0.2) is 0 Å². The molecule has 0 aliphatic heterocycles. The number of aliphatic hydroxyl groups is 1. The second kappa shape index (κ2) is 22.5. The molecule has 0 aromatic heterocycles. The first kappa shape index (κ1) is 22.4. The van der Waals surface area contributed by atoms with Gasteiger partial charge in [-0.2, -0.15) is 0 Å². The number of hydrogen-bond donors (Lipinski definition) is 1. The van der Waals surface area contributed by atoms with Crippen LogP contribution in [0.1, 0.15) is 6.92 Å². The molecule has 0 fully saturated rings. The fraction of sp³-hybridized carbons (Fsp3) is 1.00. The summed E-state index contributed by atoms with van der Waals surface area (Å²) in [6, 6.07) is 0. The van der Waals surface area contributed by atoms with Crippen molar-refractivity contribution in [1.29, 1.82) is 0 Å². The van der Waals surface area contributed by atoms with Crippen molar-refractivity contribution in [2.45, 2.75) is 6.92 Å². The fourth-order valence-electron chi connectivity index (χ4n) is 0. The van der Waals surface area contributed by atoms with Gasteiger partial charge in [-0.25, -0.2) is 0 Å². The van der Waals surface area contributed by atoms with Crippen LogP contribution in [0.5, 0.6) is 0 Å². The zero-order chi connectivity index (χ0) is 2.71. The van der Waals surface area contributed by atoms with E-state index in [1.807, 2.05) is 0 Å². The summed E-state index contributed by atoms with van der Waals surface area (Å²) < 4.78 is 0. The summed E-state index contributed by atoms with van der Waals surface area (Å²) in [5, 5.41) is 7.57. The Kier molecular flexibility index (Phi) is 84.3. The van der Waals surface area contributed by atoms with Gasteiger partial charge in [0.1, 0.15) is 0 Å². The molecule has 0 radical (unpaired) electrons. The molecule has 0 saturated carbocycles. The average molecular weight is 163 g/mol. The SMILES string of the molecule is CCO.[K+].[K+].[K+]. The zero-order valence-corrected chi connectivity index (χ0v) is 14.5. The summed E-state index contributed by atoms with van der Waals surface area (Å²) in [6.45, 7) is 1.93. The van der Waals surface area contributed by atoms with Crippen LogP contribution >= 0.6 is 0 Å². The molecule has 0 aliphatic carbocycles. The second-order valence-corrected chi connectivity index (χ2v) is 0.316. The van der Waals surface area contributed by atoms with E-state index in [0.717, 1.165) is 0 Å². The minimum Gasteiger partial charge on any atom is -0.397 e. The molecule has 20 valence electrons. The average Bonchev–Trinajstić information content (AvgIpc) is 0.918. The van der Waals surface area contributed by atoms with E-state index in [9.17, 15) is 0 Å².